The molecule has 0 aliphatic carbocycles. The Hall–Kier alpha value is -4.85. The molecule has 3 nitrogen and oxygen atoms in total. The Labute approximate surface area is 230 Å². The SMILES string of the molecule is O=P12c3c(cc(-c4ccc5ccccc5c4)cc3Oc3ccc4ccccc4c31)Oc1ccc3ccccc3c12. The van der Waals surface area contributed by atoms with Crippen LogP contribution in [-0.4, -0.2) is 0 Å². The van der Waals surface area contributed by atoms with Crippen LogP contribution in [0.2, 0.25) is 0 Å². The van der Waals surface area contributed by atoms with Gasteiger partial charge in [0.2, 0.25) is 0 Å². The summed E-state index contributed by atoms with van der Waals surface area (Å²) in [5.41, 5.74) is 2.01. The lowest BCUT2D eigenvalue weighted by molar-refractivity contribution is 0.463. The summed E-state index contributed by atoms with van der Waals surface area (Å²) in [6, 6.07) is 43.0. The fourth-order valence-corrected chi connectivity index (χ4v) is 9.90. The highest BCUT2D eigenvalue weighted by molar-refractivity contribution is 7.87. The number of fused-ring (bicyclic) bond motifs is 9. The van der Waals surface area contributed by atoms with Crippen molar-refractivity contribution in [2.75, 3.05) is 0 Å². The van der Waals surface area contributed by atoms with E-state index in [-0.39, 0.29) is 0 Å². The van der Waals surface area contributed by atoms with Crippen molar-refractivity contribution in [2.45, 2.75) is 0 Å². The molecule has 40 heavy (non-hydrogen) atoms. The Morgan fingerprint density at radius 1 is 0.400 bits per heavy atom. The molecule has 0 fully saturated rings. The van der Waals surface area contributed by atoms with Crippen molar-refractivity contribution < 1.29 is 14.0 Å². The lowest BCUT2D eigenvalue weighted by Crippen LogP contribution is -2.35. The van der Waals surface area contributed by atoms with Gasteiger partial charge in [0.05, 0.1) is 10.6 Å². The summed E-state index contributed by atoms with van der Waals surface area (Å²) in [5, 5.41) is 8.44. The number of rotatable bonds is 1. The van der Waals surface area contributed by atoms with Crippen molar-refractivity contribution in [2.24, 2.45) is 0 Å². The molecule has 7 aromatic carbocycles. The van der Waals surface area contributed by atoms with E-state index in [9.17, 15) is 0 Å². The van der Waals surface area contributed by atoms with Gasteiger partial charge in [-0.2, -0.15) is 0 Å². The smallest absolute Gasteiger partial charge is 0.186 e. The summed E-state index contributed by atoms with van der Waals surface area (Å²) in [6.07, 6.45) is 0. The molecule has 0 radical (unpaired) electrons. The molecule has 0 aromatic heterocycles. The molecular formula is C36H21O3P. The number of benzene rings is 7. The molecule has 0 N–H and O–H groups in total. The molecule has 0 spiro atoms. The molecular weight excluding hydrogens is 511 g/mol. The first-order valence-electron chi connectivity index (χ1n) is 13.4. The Morgan fingerprint density at radius 2 is 0.900 bits per heavy atom. The van der Waals surface area contributed by atoms with Crippen molar-refractivity contribution in [3.63, 3.8) is 0 Å². The fourth-order valence-electron chi connectivity index (χ4n) is 6.44. The van der Waals surface area contributed by atoms with E-state index < -0.39 is 7.14 Å². The maximum absolute atomic E-state index is 16.0. The number of hydrogen-bond donors (Lipinski definition) is 0. The molecule has 2 aliphatic rings. The van der Waals surface area contributed by atoms with Crippen molar-refractivity contribution in [1.29, 1.82) is 0 Å². The molecule has 2 heterocycles. The highest BCUT2D eigenvalue weighted by Crippen LogP contribution is 2.61. The Bertz CT molecular complexity index is 2150. The van der Waals surface area contributed by atoms with Gasteiger partial charge in [0.25, 0.3) is 0 Å². The summed E-state index contributed by atoms with van der Waals surface area (Å²) < 4.78 is 29.3. The summed E-state index contributed by atoms with van der Waals surface area (Å²) in [5.74, 6) is 2.45. The second-order valence-corrected chi connectivity index (χ2v) is 13.0. The van der Waals surface area contributed by atoms with Crippen LogP contribution >= 0.6 is 7.14 Å². The van der Waals surface area contributed by atoms with Crippen LogP contribution in [0, 0.1) is 0 Å². The lowest BCUT2D eigenvalue weighted by Gasteiger charge is -2.36. The standard InChI is InChI=1S/C36H21O3P/c37-40-34-28-11-5-3-8-23(28)15-17-30(34)38-32-20-27(26-14-13-22-7-1-2-10-25(22)19-26)21-33(36(32)40)39-31-18-16-24-9-4-6-12-29(24)35(31)40/h1-21H. The zero-order valence-corrected chi connectivity index (χ0v) is 22.2. The molecule has 0 atom stereocenters. The quantitative estimate of drug-likeness (QED) is 0.199. The third-order valence-electron chi connectivity index (χ3n) is 8.23. The lowest BCUT2D eigenvalue weighted by atomic mass is 10.0. The van der Waals surface area contributed by atoms with E-state index in [0.29, 0.717) is 28.3 Å². The zero-order chi connectivity index (χ0) is 26.4. The second kappa shape index (κ2) is 7.85. The van der Waals surface area contributed by atoms with Gasteiger partial charge in [-0.3, -0.25) is 0 Å². The second-order valence-electron chi connectivity index (χ2n) is 10.5. The maximum atomic E-state index is 16.0. The minimum absolute atomic E-state index is 0.588. The van der Waals surface area contributed by atoms with E-state index in [1.54, 1.807) is 0 Å². The predicted molar refractivity (Wildman–Crippen MR) is 164 cm³/mol. The molecule has 2 aliphatic heterocycles. The van der Waals surface area contributed by atoms with Gasteiger partial charge in [0.15, 0.2) is 7.14 Å². The van der Waals surface area contributed by atoms with Crippen LogP contribution in [0.25, 0.3) is 43.4 Å². The fraction of sp³-hybridized carbons (Fsp3) is 0. The Morgan fingerprint density at radius 3 is 1.50 bits per heavy atom. The third-order valence-corrected chi connectivity index (χ3v) is 11.5. The van der Waals surface area contributed by atoms with E-state index in [1.807, 2.05) is 84.9 Å². The van der Waals surface area contributed by atoms with Crippen LogP contribution in [0.15, 0.2) is 127 Å². The first kappa shape index (κ1) is 22.0. The highest BCUT2D eigenvalue weighted by Gasteiger charge is 2.48. The molecule has 0 saturated heterocycles. The van der Waals surface area contributed by atoms with Crippen LogP contribution in [0.1, 0.15) is 0 Å². The van der Waals surface area contributed by atoms with Gasteiger partial charge in [0, 0.05) is 0 Å². The van der Waals surface area contributed by atoms with Gasteiger partial charge in [-0.15, -0.1) is 0 Å². The molecule has 0 bridgehead atoms. The van der Waals surface area contributed by atoms with Gasteiger partial charge >= 0.3 is 0 Å². The highest BCUT2D eigenvalue weighted by atomic mass is 31.2. The van der Waals surface area contributed by atoms with Crippen LogP contribution in [-0.2, 0) is 4.57 Å². The summed E-state index contributed by atoms with van der Waals surface area (Å²) in [7, 11) is -3.41. The largest absolute Gasteiger partial charge is 0.456 e. The monoisotopic (exact) mass is 532 g/mol. The average molecular weight is 533 g/mol. The molecule has 7 aromatic rings. The minimum atomic E-state index is -3.41. The molecule has 0 saturated carbocycles. The molecule has 0 amide bonds. The van der Waals surface area contributed by atoms with E-state index in [4.69, 9.17) is 9.47 Å². The zero-order valence-electron chi connectivity index (χ0n) is 21.3. The Balaban J connectivity index is 1.39. The molecule has 9 rings (SSSR count). The predicted octanol–water partition coefficient (Wildman–Crippen LogP) is 8.66. The van der Waals surface area contributed by atoms with Crippen LogP contribution in [0.5, 0.6) is 23.0 Å². The van der Waals surface area contributed by atoms with E-state index >= 15 is 4.57 Å². The van der Waals surface area contributed by atoms with Gasteiger partial charge < -0.3 is 14.0 Å². The number of hydrogen-bond acceptors (Lipinski definition) is 3. The summed E-state index contributed by atoms with van der Waals surface area (Å²) >= 11 is 0. The van der Waals surface area contributed by atoms with E-state index in [1.165, 1.54) is 5.39 Å². The first-order chi connectivity index (χ1) is 19.7. The van der Waals surface area contributed by atoms with Crippen molar-refractivity contribution in [3.05, 3.63) is 127 Å². The van der Waals surface area contributed by atoms with Crippen molar-refractivity contribution in [3.8, 4) is 34.1 Å². The summed E-state index contributed by atoms with van der Waals surface area (Å²) in [4.78, 5) is 0. The van der Waals surface area contributed by atoms with Crippen molar-refractivity contribution >= 4 is 55.4 Å². The normalized spacial score (nSPS) is 14.2. The molecule has 4 heteroatoms. The Kier molecular flexibility index (Phi) is 4.32. The molecule has 0 unspecified atom stereocenters. The van der Waals surface area contributed by atoms with Crippen LogP contribution in [0.4, 0.5) is 0 Å². The van der Waals surface area contributed by atoms with Crippen LogP contribution < -0.4 is 25.4 Å². The minimum Gasteiger partial charge on any atom is -0.456 e. The topological polar surface area (TPSA) is 35.5 Å². The number of ether oxygens (including phenoxy) is 2. The molecule has 188 valence electrons. The van der Waals surface area contributed by atoms with Gasteiger partial charge in [-0.05, 0) is 73.8 Å². The van der Waals surface area contributed by atoms with Gasteiger partial charge in [-0.1, -0.05) is 97.1 Å². The van der Waals surface area contributed by atoms with Crippen molar-refractivity contribution in [1.82, 2.24) is 0 Å². The van der Waals surface area contributed by atoms with Gasteiger partial charge in [-0.25, -0.2) is 0 Å². The third kappa shape index (κ3) is 2.88. The maximum Gasteiger partial charge on any atom is 0.186 e. The summed E-state index contributed by atoms with van der Waals surface area (Å²) in [6.45, 7) is 0. The van der Waals surface area contributed by atoms with Crippen LogP contribution in [0.3, 0.4) is 0 Å². The van der Waals surface area contributed by atoms with E-state index in [0.717, 1.165) is 48.7 Å². The van der Waals surface area contributed by atoms with E-state index in [2.05, 4.69) is 42.5 Å². The first-order valence-corrected chi connectivity index (χ1v) is 15.1. The van der Waals surface area contributed by atoms with Gasteiger partial charge in [0.1, 0.15) is 28.3 Å². The average Bonchev–Trinajstić information content (AvgIpc) is 3.00.